The first-order valence-corrected chi connectivity index (χ1v) is 8.95. The Labute approximate surface area is 135 Å². The molecule has 2 saturated heterocycles. The van der Waals surface area contributed by atoms with Gasteiger partial charge in [0, 0.05) is 31.7 Å². The molecule has 0 saturated carbocycles. The third-order valence-corrected chi connectivity index (χ3v) is 6.51. The third kappa shape index (κ3) is 2.81. The summed E-state index contributed by atoms with van der Waals surface area (Å²) in [6, 6.07) is 6.16. The number of aliphatic hydroxyl groups is 1. The Morgan fingerprint density at radius 1 is 1.26 bits per heavy atom. The largest absolute Gasteiger partial charge is 0.394 e. The monoisotopic (exact) mass is 340 g/mol. The molecule has 126 valence electrons. The number of piperazine rings is 1. The number of sulfonamides is 1. The highest BCUT2D eigenvalue weighted by Gasteiger charge is 2.46. The van der Waals surface area contributed by atoms with Crippen LogP contribution in [0.2, 0.25) is 0 Å². The number of carbonyl (C=O) groups is 1. The average Bonchev–Trinajstić information content (AvgIpc) is 2.61. The van der Waals surface area contributed by atoms with Gasteiger partial charge in [-0.15, -0.1) is 0 Å². The first-order chi connectivity index (χ1) is 11.0. The molecule has 8 heteroatoms. The van der Waals surface area contributed by atoms with Crippen LogP contribution in [-0.4, -0.2) is 80.6 Å². The Balaban J connectivity index is 1.93. The zero-order valence-corrected chi connectivity index (χ0v) is 13.5. The number of aliphatic hydroxyl groups excluding tert-OH is 1. The average molecular weight is 340 g/mol. The lowest BCUT2D eigenvalue weighted by Crippen LogP contribution is -2.69. The van der Waals surface area contributed by atoms with Crippen LogP contribution in [0.3, 0.4) is 0 Å². The Bertz CT molecular complexity index is 693. The van der Waals surface area contributed by atoms with Crippen molar-refractivity contribution in [1.29, 1.82) is 0 Å². The minimum absolute atomic E-state index is 0.00766. The summed E-state index contributed by atoms with van der Waals surface area (Å²) in [7, 11) is -3.79. The molecule has 23 heavy (non-hydrogen) atoms. The van der Waals surface area contributed by atoms with E-state index in [1.165, 1.54) is 16.4 Å². The van der Waals surface area contributed by atoms with Gasteiger partial charge in [-0.05, 0) is 6.07 Å². The van der Waals surface area contributed by atoms with Crippen molar-refractivity contribution in [2.24, 2.45) is 0 Å². The number of hydrogen-bond acceptors (Lipinski definition) is 6. The lowest BCUT2D eigenvalue weighted by molar-refractivity contribution is -0.114. The topological polar surface area (TPSA) is 87.2 Å². The summed E-state index contributed by atoms with van der Waals surface area (Å²) in [6.45, 7) is 2.41. The Kier molecular flexibility index (Phi) is 4.52. The number of carbonyl (C=O) groups excluding carboxylic acids is 1. The summed E-state index contributed by atoms with van der Waals surface area (Å²) in [4.78, 5) is 13.3. The van der Waals surface area contributed by atoms with Crippen molar-refractivity contribution in [2.45, 2.75) is 10.4 Å². The number of ether oxygens (including phenoxy) is 1. The highest BCUT2D eigenvalue weighted by atomic mass is 32.2. The van der Waals surface area contributed by atoms with Gasteiger partial charge in [0.25, 0.3) is 0 Å². The molecule has 0 bridgehead atoms. The molecule has 2 fully saturated rings. The Hall–Kier alpha value is -1.32. The summed E-state index contributed by atoms with van der Waals surface area (Å²) in [5, 5.41) is 9.83. The van der Waals surface area contributed by atoms with E-state index in [0.29, 0.717) is 39.1 Å². The van der Waals surface area contributed by atoms with Crippen molar-refractivity contribution >= 4 is 16.3 Å². The number of morpholine rings is 1. The van der Waals surface area contributed by atoms with Crippen LogP contribution >= 0.6 is 0 Å². The zero-order valence-electron chi connectivity index (χ0n) is 12.7. The number of rotatable bonds is 4. The smallest absolute Gasteiger partial charge is 0.243 e. The van der Waals surface area contributed by atoms with Gasteiger partial charge in [0.05, 0.1) is 30.3 Å². The maximum absolute atomic E-state index is 12.9. The lowest BCUT2D eigenvalue weighted by Gasteiger charge is -2.51. The van der Waals surface area contributed by atoms with Crippen molar-refractivity contribution in [3.05, 3.63) is 29.8 Å². The predicted molar refractivity (Wildman–Crippen MR) is 82.8 cm³/mol. The molecule has 0 aliphatic carbocycles. The number of aldehydes is 1. The van der Waals surface area contributed by atoms with Crippen molar-refractivity contribution in [1.82, 2.24) is 9.21 Å². The van der Waals surface area contributed by atoms with Crippen LogP contribution in [-0.2, 0) is 14.8 Å². The number of benzene rings is 1. The molecule has 1 aromatic carbocycles. The zero-order chi connectivity index (χ0) is 16.5. The highest BCUT2D eigenvalue weighted by molar-refractivity contribution is 7.89. The molecule has 2 aliphatic rings. The summed E-state index contributed by atoms with van der Waals surface area (Å²) >= 11 is 0. The van der Waals surface area contributed by atoms with E-state index >= 15 is 0 Å². The summed E-state index contributed by atoms with van der Waals surface area (Å²) in [6.07, 6.45) is 0.550. The molecule has 0 spiro atoms. The van der Waals surface area contributed by atoms with Crippen molar-refractivity contribution in [2.75, 3.05) is 46.0 Å². The van der Waals surface area contributed by atoms with Crippen molar-refractivity contribution < 1.29 is 23.1 Å². The van der Waals surface area contributed by atoms with Crippen LogP contribution in [0.25, 0.3) is 0 Å². The van der Waals surface area contributed by atoms with E-state index in [2.05, 4.69) is 4.90 Å². The maximum Gasteiger partial charge on any atom is 0.243 e. The van der Waals surface area contributed by atoms with E-state index in [1.54, 1.807) is 12.1 Å². The summed E-state index contributed by atoms with van der Waals surface area (Å²) in [5.74, 6) is 0. The van der Waals surface area contributed by atoms with Crippen LogP contribution in [0.4, 0.5) is 0 Å². The standard InChI is InChI=1S/C15H20N2O5S/c18-9-13-3-1-2-4-14(13)23(20,21)17-6-5-16-7-8-22-12-15(16,10-17)11-19/h1-4,9,19H,5-8,10-12H2. The first kappa shape index (κ1) is 16.5. The molecular formula is C15H20N2O5S. The van der Waals surface area contributed by atoms with Crippen LogP contribution in [0.1, 0.15) is 10.4 Å². The van der Waals surface area contributed by atoms with Gasteiger partial charge < -0.3 is 9.84 Å². The van der Waals surface area contributed by atoms with E-state index in [0.717, 1.165) is 0 Å². The molecular weight excluding hydrogens is 320 g/mol. The van der Waals surface area contributed by atoms with Gasteiger partial charge in [0.2, 0.25) is 10.0 Å². The van der Waals surface area contributed by atoms with E-state index in [9.17, 15) is 18.3 Å². The quantitative estimate of drug-likeness (QED) is 0.748. The molecule has 0 amide bonds. The molecule has 1 aromatic rings. The normalized spacial score (nSPS) is 26.7. The van der Waals surface area contributed by atoms with Crippen LogP contribution in [0.5, 0.6) is 0 Å². The lowest BCUT2D eigenvalue weighted by atomic mass is 9.95. The van der Waals surface area contributed by atoms with Crippen LogP contribution in [0.15, 0.2) is 29.2 Å². The van der Waals surface area contributed by atoms with Crippen LogP contribution < -0.4 is 0 Å². The molecule has 1 N–H and O–H groups in total. The fourth-order valence-electron chi connectivity index (χ4n) is 3.25. The third-order valence-electron chi connectivity index (χ3n) is 4.60. The minimum Gasteiger partial charge on any atom is -0.394 e. The maximum atomic E-state index is 12.9. The van der Waals surface area contributed by atoms with Crippen molar-refractivity contribution in [3.8, 4) is 0 Å². The van der Waals surface area contributed by atoms with E-state index in [-0.39, 0.29) is 23.6 Å². The van der Waals surface area contributed by atoms with E-state index in [4.69, 9.17) is 4.74 Å². The fourth-order valence-corrected chi connectivity index (χ4v) is 4.93. The number of nitrogens with zero attached hydrogens (tertiary/aromatic N) is 2. The van der Waals surface area contributed by atoms with E-state index in [1.807, 2.05) is 0 Å². The fraction of sp³-hybridized carbons (Fsp3) is 0.533. The summed E-state index contributed by atoms with van der Waals surface area (Å²) in [5.41, 5.74) is -0.562. The molecule has 7 nitrogen and oxygen atoms in total. The van der Waals surface area contributed by atoms with Gasteiger partial charge in [0.1, 0.15) is 0 Å². The first-order valence-electron chi connectivity index (χ1n) is 7.51. The molecule has 0 aromatic heterocycles. The van der Waals surface area contributed by atoms with Gasteiger partial charge in [-0.2, -0.15) is 4.31 Å². The number of hydrogen-bond donors (Lipinski definition) is 1. The second kappa shape index (κ2) is 6.29. The van der Waals surface area contributed by atoms with E-state index < -0.39 is 15.6 Å². The molecule has 3 rings (SSSR count). The molecule has 2 heterocycles. The molecule has 2 aliphatic heterocycles. The SMILES string of the molecule is O=Cc1ccccc1S(=O)(=O)N1CCN2CCOCC2(CO)C1. The molecule has 1 unspecified atom stereocenters. The van der Waals surface area contributed by atoms with Crippen LogP contribution in [0, 0.1) is 0 Å². The van der Waals surface area contributed by atoms with Gasteiger partial charge in [-0.1, -0.05) is 18.2 Å². The number of fused-ring (bicyclic) bond motifs is 1. The van der Waals surface area contributed by atoms with Gasteiger partial charge >= 0.3 is 0 Å². The van der Waals surface area contributed by atoms with Gasteiger partial charge in [-0.25, -0.2) is 8.42 Å². The Morgan fingerprint density at radius 3 is 2.78 bits per heavy atom. The predicted octanol–water partition coefficient (Wildman–Crippen LogP) is -0.433. The highest BCUT2D eigenvalue weighted by Crippen LogP contribution is 2.29. The second-order valence-electron chi connectivity index (χ2n) is 5.92. The van der Waals surface area contributed by atoms with Gasteiger partial charge in [0.15, 0.2) is 6.29 Å². The second-order valence-corrected chi connectivity index (χ2v) is 7.82. The van der Waals surface area contributed by atoms with Crippen molar-refractivity contribution in [3.63, 3.8) is 0 Å². The summed E-state index contributed by atoms with van der Waals surface area (Å²) < 4.78 is 32.7. The van der Waals surface area contributed by atoms with Gasteiger partial charge in [-0.3, -0.25) is 9.69 Å². The minimum atomic E-state index is -3.79. The molecule has 0 radical (unpaired) electrons. The molecule has 1 atom stereocenters. The Morgan fingerprint density at radius 2 is 2.04 bits per heavy atom.